The number of aromatic nitrogens is 2. The fourth-order valence-corrected chi connectivity index (χ4v) is 4.47. The monoisotopic (exact) mass is 552 g/mol. The Hall–Kier alpha value is -3.06. The first kappa shape index (κ1) is 33.1. The molecule has 0 spiro atoms. The van der Waals surface area contributed by atoms with Gasteiger partial charge in [-0.05, 0) is 44.4 Å². The summed E-state index contributed by atoms with van der Waals surface area (Å²) in [5, 5.41) is 3.51. The summed E-state index contributed by atoms with van der Waals surface area (Å²) in [5.74, 6) is 3.15. The van der Waals surface area contributed by atoms with Crippen LogP contribution in [0.3, 0.4) is 0 Å². The van der Waals surface area contributed by atoms with E-state index in [1.54, 1.807) is 19.5 Å². The zero-order valence-electron chi connectivity index (χ0n) is 26.0. The number of methoxy groups -OCH3 is 1. The Morgan fingerprint density at radius 3 is 2.40 bits per heavy atom. The second-order valence-electron chi connectivity index (χ2n) is 9.97. The Balaban J connectivity index is 0.000000258. The van der Waals surface area contributed by atoms with Crippen molar-refractivity contribution in [3.8, 4) is 17.2 Å². The zero-order chi connectivity index (χ0) is 29.2. The van der Waals surface area contributed by atoms with Gasteiger partial charge in [0, 0.05) is 30.9 Å². The average Bonchev–Trinajstić information content (AvgIpc) is 2.99. The largest absolute Gasteiger partial charge is 0.495 e. The number of hydrogen-bond donors (Lipinski definition) is 1. The highest BCUT2D eigenvalue weighted by Gasteiger charge is 2.17. The van der Waals surface area contributed by atoms with Gasteiger partial charge < -0.3 is 24.4 Å². The topological polar surface area (TPSA) is 68.7 Å². The molecule has 2 aromatic rings. The minimum Gasteiger partial charge on any atom is -0.495 e. The summed E-state index contributed by atoms with van der Waals surface area (Å²) in [7, 11) is 1.67. The highest BCUT2D eigenvalue weighted by molar-refractivity contribution is 5.75. The maximum atomic E-state index is 5.57. The van der Waals surface area contributed by atoms with E-state index in [1.807, 2.05) is 12.1 Å². The van der Waals surface area contributed by atoms with Crippen LogP contribution in [0.1, 0.15) is 91.5 Å². The van der Waals surface area contributed by atoms with E-state index in [1.165, 1.54) is 37.8 Å². The minimum atomic E-state index is 0.613. The molecule has 1 N–H and O–H groups in total. The van der Waals surface area contributed by atoms with E-state index in [0.717, 1.165) is 66.3 Å². The summed E-state index contributed by atoms with van der Waals surface area (Å²) in [4.78, 5) is 11.1. The number of nitrogens with one attached hydrogen (secondary N) is 1. The molecule has 0 fully saturated rings. The Kier molecular flexibility index (Phi) is 15.8. The van der Waals surface area contributed by atoms with Gasteiger partial charge in [0.2, 0.25) is 0 Å². The molecule has 7 nitrogen and oxygen atoms in total. The van der Waals surface area contributed by atoms with Crippen LogP contribution in [0, 0.1) is 5.92 Å². The molecule has 0 radical (unpaired) electrons. The number of likely N-dealkylation sites (N-methyl/N-ethyl adjacent to an activating group) is 1. The summed E-state index contributed by atoms with van der Waals surface area (Å²) in [6, 6.07) is 4.02. The molecule has 4 rings (SSSR count). The van der Waals surface area contributed by atoms with Crippen LogP contribution in [0.25, 0.3) is 6.08 Å². The van der Waals surface area contributed by atoms with Crippen LogP contribution in [-0.4, -0.2) is 43.4 Å². The van der Waals surface area contributed by atoms with Gasteiger partial charge in [0.1, 0.15) is 19.0 Å². The standard InChI is InChI=1S/C16H26N2O2.C14H18N2O.C3H8/c1-3-5-6-13(4-2)10-17-11-14-9-15-16(12-18-14)20-8-7-19-15;1-4-6-11-7-8-13-14(16(11)5-2)9-12(17-3)10-15-13;1-3-2/h9,12-13,17H,3-8,10-11H2,1-2H3;6-10H,4-5H2,1-3H3;3H2,1-2H3/b;11-6-;. The van der Waals surface area contributed by atoms with Gasteiger partial charge in [0.25, 0.3) is 0 Å². The molecular weight excluding hydrogens is 500 g/mol. The van der Waals surface area contributed by atoms with Gasteiger partial charge in [-0.1, -0.05) is 66.4 Å². The van der Waals surface area contributed by atoms with E-state index in [-0.39, 0.29) is 0 Å². The van der Waals surface area contributed by atoms with Gasteiger partial charge in [-0.15, -0.1) is 0 Å². The molecule has 2 aliphatic heterocycles. The fourth-order valence-electron chi connectivity index (χ4n) is 4.47. The lowest BCUT2D eigenvalue weighted by atomic mass is 9.99. The summed E-state index contributed by atoms with van der Waals surface area (Å²) < 4.78 is 16.3. The van der Waals surface area contributed by atoms with Crippen LogP contribution < -0.4 is 24.4 Å². The number of pyridine rings is 2. The van der Waals surface area contributed by atoms with Crippen molar-refractivity contribution in [3.05, 3.63) is 53.8 Å². The molecule has 2 aliphatic rings. The molecule has 0 aromatic carbocycles. The molecule has 1 unspecified atom stereocenters. The predicted octanol–water partition coefficient (Wildman–Crippen LogP) is 7.81. The molecule has 4 heterocycles. The summed E-state index contributed by atoms with van der Waals surface area (Å²) in [6.45, 7) is 17.1. The van der Waals surface area contributed by atoms with Crippen molar-refractivity contribution in [3.63, 3.8) is 0 Å². The number of unbranched alkanes of at least 4 members (excludes halogenated alkanes) is 1. The third kappa shape index (κ3) is 10.5. The second-order valence-corrected chi connectivity index (χ2v) is 9.97. The molecule has 0 aliphatic carbocycles. The molecule has 0 saturated heterocycles. The van der Waals surface area contributed by atoms with Crippen molar-refractivity contribution >= 4 is 11.8 Å². The predicted molar refractivity (Wildman–Crippen MR) is 167 cm³/mol. The highest BCUT2D eigenvalue weighted by Crippen LogP contribution is 2.32. The van der Waals surface area contributed by atoms with Crippen molar-refractivity contribution in [1.29, 1.82) is 0 Å². The SMILES string of the molecule is CC/C=C1/C=Cc2ncc(OC)cc2N1CC.CCC.CCCCC(CC)CNCc1cc2c(cn1)OCCO2. The molecule has 1 atom stereocenters. The van der Waals surface area contributed by atoms with Crippen molar-refractivity contribution in [1.82, 2.24) is 15.3 Å². The summed E-state index contributed by atoms with van der Waals surface area (Å²) in [6.07, 6.45) is 17.4. The van der Waals surface area contributed by atoms with Crippen LogP contribution >= 0.6 is 0 Å². The summed E-state index contributed by atoms with van der Waals surface area (Å²) in [5.41, 5.74) is 4.37. The van der Waals surface area contributed by atoms with Crippen LogP contribution in [0.5, 0.6) is 17.2 Å². The van der Waals surface area contributed by atoms with Crippen LogP contribution in [0.4, 0.5) is 5.69 Å². The normalized spacial score (nSPS) is 14.9. The number of nitrogens with zero attached hydrogens (tertiary/aromatic N) is 3. The van der Waals surface area contributed by atoms with E-state index < -0.39 is 0 Å². The molecule has 2 aromatic heterocycles. The number of hydrogen-bond acceptors (Lipinski definition) is 7. The Bertz CT molecular complexity index is 1050. The lowest BCUT2D eigenvalue weighted by molar-refractivity contribution is 0.170. The first-order valence-electron chi connectivity index (χ1n) is 15.2. The highest BCUT2D eigenvalue weighted by atomic mass is 16.6. The fraction of sp³-hybridized carbons (Fsp3) is 0.576. The second kappa shape index (κ2) is 19.1. The molecule has 0 saturated carbocycles. The number of ether oxygens (including phenoxy) is 3. The van der Waals surface area contributed by atoms with Crippen LogP contribution in [0.2, 0.25) is 0 Å². The van der Waals surface area contributed by atoms with E-state index in [4.69, 9.17) is 14.2 Å². The smallest absolute Gasteiger partial charge is 0.179 e. The number of allylic oxidation sites excluding steroid dienone is 2. The lowest BCUT2D eigenvalue weighted by Crippen LogP contribution is -2.24. The van der Waals surface area contributed by atoms with Crippen molar-refractivity contribution in [2.45, 2.75) is 86.6 Å². The molecule has 0 bridgehead atoms. The maximum Gasteiger partial charge on any atom is 0.179 e. The molecule has 222 valence electrons. The number of rotatable bonds is 11. The lowest BCUT2D eigenvalue weighted by Gasteiger charge is -2.29. The molecule has 0 amide bonds. The van der Waals surface area contributed by atoms with Crippen LogP contribution in [-0.2, 0) is 6.54 Å². The summed E-state index contributed by atoms with van der Waals surface area (Å²) >= 11 is 0. The van der Waals surface area contributed by atoms with Crippen molar-refractivity contribution in [2.75, 3.05) is 38.3 Å². The van der Waals surface area contributed by atoms with Crippen LogP contribution in [0.15, 0.2) is 42.4 Å². The Morgan fingerprint density at radius 2 is 1.75 bits per heavy atom. The van der Waals surface area contributed by atoms with E-state index in [2.05, 4.69) is 80.0 Å². The Labute approximate surface area is 243 Å². The first-order chi connectivity index (χ1) is 19.5. The molecular formula is C33H52N4O3. The molecule has 40 heavy (non-hydrogen) atoms. The number of anilines is 1. The quantitative estimate of drug-likeness (QED) is 0.305. The van der Waals surface area contributed by atoms with Gasteiger partial charge in [0.05, 0.1) is 36.6 Å². The first-order valence-corrected chi connectivity index (χ1v) is 15.2. The van der Waals surface area contributed by atoms with Gasteiger partial charge in [-0.25, -0.2) is 0 Å². The number of fused-ring (bicyclic) bond motifs is 2. The Morgan fingerprint density at radius 1 is 1.00 bits per heavy atom. The third-order valence-corrected chi connectivity index (χ3v) is 6.62. The minimum absolute atomic E-state index is 0.613. The van der Waals surface area contributed by atoms with E-state index >= 15 is 0 Å². The van der Waals surface area contributed by atoms with Crippen molar-refractivity contribution < 1.29 is 14.2 Å². The van der Waals surface area contributed by atoms with Gasteiger partial charge in [0.15, 0.2) is 11.5 Å². The van der Waals surface area contributed by atoms with Gasteiger partial charge in [-0.3, -0.25) is 9.97 Å². The van der Waals surface area contributed by atoms with Gasteiger partial charge in [-0.2, -0.15) is 0 Å². The third-order valence-electron chi connectivity index (χ3n) is 6.62. The van der Waals surface area contributed by atoms with E-state index in [0.29, 0.717) is 13.2 Å². The zero-order valence-corrected chi connectivity index (χ0v) is 26.0. The van der Waals surface area contributed by atoms with E-state index in [9.17, 15) is 0 Å². The van der Waals surface area contributed by atoms with Crippen molar-refractivity contribution in [2.24, 2.45) is 5.92 Å². The maximum absolute atomic E-state index is 5.57. The van der Waals surface area contributed by atoms with Gasteiger partial charge >= 0.3 is 0 Å². The average molecular weight is 553 g/mol. The molecule has 7 heteroatoms.